The lowest BCUT2D eigenvalue weighted by Crippen LogP contribution is -2.38. The molecule has 0 amide bonds. The molecule has 0 aliphatic rings. The molecule has 2 rings (SSSR count). The summed E-state index contributed by atoms with van der Waals surface area (Å²) in [6.45, 7) is 12.5. The molecule has 0 saturated carbocycles. The van der Waals surface area contributed by atoms with Gasteiger partial charge in [-0.2, -0.15) is 4.98 Å². The quantitative estimate of drug-likeness (QED) is 0.213. The Morgan fingerprint density at radius 3 is 2.52 bits per heavy atom. The van der Waals surface area contributed by atoms with Crippen LogP contribution in [0.25, 0.3) is 0 Å². The number of rotatable bonds is 10. The van der Waals surface area contributed by atoms with Crippen molar-refractivity contribution in [3.63, 3.8) is 0 Å². The number of benzene rings is 1. The van der Waals surface area contributed by atoms with E-state index in [0.29, 0.717) is 24.2 Å². The number of guanidine groups is 1. The molecule has 0 bridgehead atoms. The molecule has 1 aromatic carbocycles. The van der Waals surface area contributed by atoms with E-state index in [1.165, 1.54) is 5.56 Å². The topological polar surface area (TPSA) is 84.6 Å². The molecule has 162 valence electrons. The first-order chi connectivity index (χ1) is 13.5. The summed E-state index contributed by atoms with van der Waals surface area (Å²) in [6.07, 6.45) is 1.59. The summed E-state index contributed by atoms with van der Waals surface area (Å²) in [5.74, 6) is 3.56. The van der Waals surface area contributed by atoms with Gasteiger partial charge in [-0.25, -0.2) is 0 Å². The van der Waals surface area contributed by atoms with Crippen LogP contribution in [0.4, 0.5) is 0 Å². The predicted octanol–water partition coefficient (Wildman–Crippen LogP) is 4.28. The van der Waals surface area contributed by atoms with Crippen molar-refractivity contribution in [2.75, 3.05) is 19.7 Å². The van der Waals surface area contributed by atoms with E-state index >= 15 is 0 Å². The van der Waals surface area contributed by atoms with Crippen molar-refractivity contribution in [2.24, 2.45) is 10.9 Å². The molecule has 0 aliphatic carbocycles. The molecule has 0 saturated heterocycles. The highest BCUT2D eigenvalue weighted by Gasteiger charge is 2.09. The minimum Gasteiger partial charge on any atom is -0.493 e. The second-order valence-corrected chi connectivity index (χ2v) is 7.24. The minimum absolute atomic E-state index is 0. The first-order valence-corrected chi connectivity index (χ1v) is 10.0. The highest BCUT2D eigenvalue weighted by Crippen LogP contribution is 2.18. The minimum atomic E-state index is 0. The molecule has 2 N–H and O–H groups in total. The number of ether oxygens (including phenoxy) is 1. The van der Waals surface area contributed by atoms with Gasteiger partial charge in [0.2, 0.25) is 5.89 Å². The average molecular weight is 515 g/mol. The summed E-state index contributed by atoms with van der Waals surface area (Å²) in [7, 11) is 0. The van der Waals surface area contributed by atoms with Gasteiger partial charge in [-0.05, 0) is 50.8 Å². The molecule has 0 fully saturated rings. The van der Waals surface area contributed by atoms with Gasteiger partial charge in [-0.3, -0.25) is 4.99 Å². The summed E-state index contributed by atoms with van der Waals surface area (Å²) in [5, 5.41) is 10.5. The number of aliphatic imine (C=N–C) groups is 1. The van der Waals surface area contributed by atoms with Crippen LogP contribution in [0.2, 0.25) is 0 Å². The standard InChI is InChI=1S/C21H33N5O2.HI/c1-6-22-21(23-13-7-8-20-25-17(5)26-28-20)24-16(4)18-9-11-19(12-10-18)27-14-15(2)3;/h9-12,15-16H,6-8,13-14H2,1-5H3,(H2,22,23,24);1H. The van der Waals surface area contributed by atoms with Gasteiger partial charge in [0.05, 0.1) is 12.6 Å². The number of nitrogens with zero attached hydrogens (tertiary/aromatic N) is 3. The zero-order valence-electron chi connectivity index (χ0n) is 18.1. The summed E-state index contributed by atoms with van der Waals surface area (Å²) in [5.41, 5.74) is 1.18. The van der Waals surface area contributed by atoms with Crippen LogP contribution in [0.15, 0.2) is 33.8 Å². The van der Waals surface area contributed by atoms with Crippen LogP contribution in [0.1, 0.15) is 57.4 Å². The van der Waals surface area contributed by atoms with Crippen molar-refractivity contribution in [2.45, 2.75) is 53.5 Å². The van der Waals surface area contributed by atoms with Crippen LogP contribution in [0.5, 0.6) is 5.75 Å². The maximum absolute atomic E-state index is 5.75. The number of aromatic nitrogens is 2. The lowest BCUT2D eigenvalue weighted by molar-refractivity contribution is 0.271. The smallest absolute Gasteiger partial charge is 0.226 e. The third-order valence-corrected chi connectivity index (χ3v) is 4.05. The molecule has 0 spiro atoms. The zero-order chi connectivity index (χ0) is 20.4. The lowest BCUT2D eigenvalue weighted by Gasteiger charge is -2.18. The van der Waals surface area contributed by atoms with Gasteiger partial charge in [0.25, 0.3) is 0 Å². The Morgan fingerprint density at radius 2 is 1.93 bits per heavy atom. The third-order valence-electron chi connectivity index (χ3n) is 4.05. The number of aryl methyl sites for hydroxylation is 2. The molecule has 1 heterocycles. The van der Waals surface area contributed by atoms with Gasteiger partial charge < -0.3 is 19.9 Å². The summed E-state index contributed by atoms with van der Waals surface area (Å²) in [4.78, 5) is 8.86. The fourth-order valence-corrected chi connectivity index (χ4v) is 2.59. The van der Waals surface area contributed by atoms with Gasteiger partial charge in [-0.15, -0.1) is 24.0 Å². The number of halogens is 1. The zero-order valence-corrected chi connectivity index (χ0v) is 20.4. The molecule has 8 heteroatoms. The van der Waals surface area contributed by atoms with Gasteiger partial charge in [0.1, 0.15) is 5.75 Å². The van der Waals surface area contributed by atoms with Gasteiger partial charge >= 0.3 is 0 Å². The van der Waals surface area contributed by atoms with Crippen molar-refractivity contribution in [3.8, 4) is 5.75 Å². The van der Waals surface area contributed by atoms with E-state index in [1.54, 1.807) is 0 Å². The number of nitrogens with one attached hydrogen (secondary N) is 2. The number of hydrogen-bond acceptors (Lipinski definition) is 5. The average Bonchev–Trinajstić information content (AvgIpc) is 3.09. The highest BCUT2D eigenvalue weighted by atomic mass is 127. The van der Waals surface area contributed by atoms with Crippen LogP contribution in [-0.4, -0.2) is 35.8 Å². The Bertz CT molecular complexity index is 731. The molecular weight excluding hydrogens is 481 g/mol. The Morgan fingerprint density at radius 1 is 1.21 bits per heavy atom. The Balaban J connectivity index is 0.00000420. The van der Waals surface area contributed by atoms with Crippen molar-refractivity contribution < 1.29 is 9.26 Å². The fourth-order valence-electron chi connectivity index (χ4n) is 2.59. The second-order valence-electron chi connectivity index (χ2n) is 7.24. The molecular formula is C21H34IN5O2. The van der Waals surface area contributed by atoms with Crippen molar-refractivity contribution >= 4 is 29.9 Å². The van der Waals surface area contributed by atoms with Gasteiger partial charge in [-0.1, -0.05) is 31.1 Å². The van der Waals surface area contributed by atoms with Crippen LogP contribution < -0.4 is 15.4 Å². The van der Waals surface area contributed by atoms with Crippen molar-refractivity contribution in [3.05, 3.63) is 41.5 Å². The molecule has 1 aromatic heterocycles. The predicted molar refractivity (Wildman–Crippen MR) is 127 cm³/mol. The maximum atomic E-state index is 5.75. The van der Waals surface area contributed by atoms with Crippen LogP contribution in [0.3, 0.4) is 0 Å². The van der Waals surface area contributed by atoms with E-state index in [2.05, 4.69) is 65.6 Å². The van der Waals surface area contributed by atoms with E-state index < -0.39 is 0 Å². The third kappa shape index (κ3) is 9.47. The van der Waals surface area contributed by atoms with Crippen molar-refractivity contribution in [1.82, 2.24) is 20.8 Å². The highest BCUT2D eigenvalue weighted by molar-refractivity contribution is 14.0. The molecule has 7 nitrogen and oxygen atoms in total. The summed E-state index contributed by atoms with van der Waals surface area (Å²) in [6, 6.07) is 8.36. The van der Waals surface area contributed by atoms with Crippen molar-refractivity contribution in [1.29, 1.82) is 0 Å². The lowest BCUT2D eigenvalue weighted by atomic mass is 10.1. The summed E-state index contributed by atoms with van der Waals surface area (Å²) >= 11 is 0. The summed E-state index contributed by atoms with van der Waals surface area (Å²) < 4.78 is 10.9. The molecule has 29 heavy (non-hydrogen) atoms. The van der Waals surface area contributed by atoms with Crippen LogP contribution in [-0.2, 0) is 6.42 Å². The van der Waals surface area contributed by atoms with E-state index in [4.69, 9.17) is 9.26 Å². The van der Waals surface area contributed by atoms with E-state index in [9.17, 15) is 0 Å². The fraction of sp³-hybridized carbons (Fsp3) is 0.571. The van der Waals surface area contributed by atoms with Gasteiger partial charge in [0.15, 0.2) is 11.8 Å². The van der Waals surface area contributed by atoms with E-state index in [-0.39, 0.29) is 30.0 Å². The van der Waals surface area contributed by atoms with Crippen LogP contribution >= 0.6 is 24.0 Å². The molecule has 1 atom stereocenters. The SMILES string of the molecule is CCNC(=NCCCc1nc(C)no1)NC(C)c1ccc(OCC(C)C)cc1.I. The Labute approximate surface area is 191 Å². The normalized spacial score (nSPS) is 12.4. The number of hydrogen-bond donors (Lipinski definition) is 2. The monoisotopic (exact) mass is 515 g/mol. The van der Waals surface area contributed by atoms with Gasteiger partial charge in [0, 0.05) is 19.5 Å². The molecule has 2 aromatic rings. The van der Waals surface area contributed by atoms with E-state index in [1.807, 2.05) is 19.1 Å². The van der Waals surface area contributed by atoms with Crippen LogP contribution in [0, 0.1) is 12.8 Å². The first-order valence-electron chi connectivity index (χ1n) is 10.0. The molecule has 0 radical (unpaired) electrons. The Hall–Kier alpha value is -1.84. The van der Waals surface area contributed by atoms with E-state index in [0.717, 1.165) is 37.7 Å². The second kappa shape index (κ2) is 13.4. The maximum Gasteiger partial charge on any atom is 0.226 e. The molecule has 1 unspecified atom stereocenters. The first kappa shape index (κ1) is 25.2. The molecule has 0 aliphatic heterocycles. The Kier molecular flexibility index (Phi) is 11.6. The largest absolute Gasteiger partial charge is 0.493 e.